The Bertz CT molecular complexity index is 348. The van der Waals surface area contributed by atoms with Gasteiger partial charge in [-0.1, -0.05) is 24.6 Å². The van der Waals surface area contributed by atoms with E-state index in [1.54, 1.807) is 16.3 Å². The third kappa shape index (κ3) is 4.25. The van der Waals surface area contributed by atoms with Crippen molar-refractivity contribution < 1.29 is 0 Å². The average molecular weight is 261 g/mol. The van der Waals surface area contributed by atoms with E-state index in [0.717, 1.165) is 16.7 Å². The summed E-state index contributed by atoms with van der Waals surface area (Å²) in [4.78, 5) is 11.3. The Labute approximate surface area is 106 Å². The molecule has 1 N–H and O–H groups in total. The predicted molar refractivity (Wildman–Crippen MR) is 71.6 cm³/mol. The van der Waals surface area contributed by atoms with Crippen molar-refractivity contribution in [3.8, 4) is 0 Å². The summed E-state index contributed by atoms with van der Waals surface area (Å²) in [6.45, 7) is 2.63. The Morgan fingerprint density at radius 3 is 2.81 bits per heavy atom. The summed E-state index contributed by atoms with van der Waals surface area (Å²) >= 11 is 5.83. The highest BCUT2D eigenvalue weighted by Crippen LogP contribution is 2.15. The van der Waals surface area contributed by atoms with E-state index in [1.807, 2.05) is 6.92 Å². The van der Waals surface area contributed by atoms with Crippen LogP contribution in [0.1, 0.15) is 32.6 Å². The van der Waals surface area contributed by atoms with Crippen LogP contribution < -0.4 is 5.69 Å². The zero-order valence-electron chi connectivity index (χ0n) is 9.61. The van der Waals surface area contributed by atoms with E-state index < -0.39 is 0 Å². The lowest BCUT2D eigenvalue weighted by molar-refractivity contribution is 0.658. The highest BCUT2D eigenvalue weighted by molar-refractivity contribution is 7.99. The summed E-state index contributed by atoms with van der Waals surface area (Å²) in [5, 5.41) is 7.28. The summed E-state index contributed by atoms with van der Waals surface area (Å²) in [6.07, 6.45) is 4.83. The van der Waals surface area contributed by atoms with E-state index in [4.69, 9.17) is 0 Å². The van der Waals surface area contributed by atoms with Crippen molar-refractivity contribution >= 4 is 24.4 Å². The normalized spacial score (nSPS) is 10.9. The maximum absolute atomic E-state index is 11.3. The van der Waals surface area contributed by atoms with Crippen molar-refractivity contribution in [2.45, 2.75) is 44.3 Å². The summed E-state index contributed by atoms with van der Waals surface area (Å²) in [6, 6.07) is 0. The van der Waals surface area contributed by atoms with Crippen LogP contribution >= 0.6 is 24.4 Å². The van der Waals surface area contributed by atoms with Gasteiger partial charge in [0.05, 0.1) is 0 Å². The lowest BCUT2D eigenvalue weighted by atomic mass is 10.2. The number of rotatable bonds is 8. The van der Waals surface area contributed by atoms with Gasteiger partial charge in [0.2, 0.25) is 0 Å². The average Bonchev–Trinajstić information content (AvgIpc) is 2.64. The van der Waals surface area contributed by atoms with Gasteiger partial charge in [0, 0.05) is 12.3 Å². The second-order valence-electron chi connectivity index (χ2n) is 3.54. The van der Waals surface area contributed by atoms with E-state index in [0.29, 0.717) is 6.54 Å². The molecule has 0 unspecified atom stereocenters. The predicted octanol–water partition coefficient (Wildman–Crippen LogP) is 2.17. The fraction of sp³-hybridized carbons (Fsp3) is 0.800. The molecule has 0 bridgehead atoms. The molecule has 4 nitrogen and oxygen atoms in total. The van der Waals surface area contributed by atoms with Crippen molar-refractivity contribution in [2.75, 3.05) is 11.5 Å². The Morgan fingerprint density at radius 2 is 2.12 bits per heavy atom. The van der Waals surface area contributed by atoms with Crippen molar-refractivity contribution in [2.24, 2.45) is 0 Å². The zero-order valence-corrected chi connectivity index (χ0v) is 11.3. The summed E-state index contributed by atoms with van der Waals surface area (Å²) in [5.74, 6) is 2.00. The van der Waals surface area contributed by atoms with Crippen LogP contribution in [-0.2, 0) is 6.54 Å². The first-order chi connectivity index (χ1) is 7.79. The van der Waals surface area contributed by atoms with Crippen molar-refractivity contribution in [1.82, 2.24) is 14.8 Å². The summed E-state index contributed by atoms with van der Waals surface area (Å²) in [7, 11) is 0. The number of nitrogens with one attached hydrogen (secondary N) is 1. The van der Waals surface area contributed by atoms with Gasteiger partial charge in [-0.15, -0.1) is 5.10 Å². The molecule has 0 radical (unpaired) electrons. The van der Waals surface area contributed by atoms with Gasteiger partial charge in [0.1, 0.15) is 0 Å². The van der Waals surface area contributed by atoms with E-state index in [2.05, 4.69) is 22.8 Å². The van der Waals surface area contributed by atoms with E-state index in [-0.39, 0.29) is 5.69 Å². The highest BCUT2D eigenvalue weighted by atomic mass is 32.2. The molecule has 0 aromatic carbocycles. The standard InChI is InChI=1S/C10H19N3OS2/c1-2-13-9(14)11-12-10(13)16-8-6-4-3-5-7-15/h15H,2-8H2,1H3,(H,11,14). The number of thioether (sulfide) groups is 1. The van der Waals surface area contributed by atoms with Crippen LogP contribution in [0, 0.1) is 0 Å². The second kappa shape index (κ2) is 7.84. The monoisotopic (exact) mass is 261 g/mol. The Morgan fingerprint density at radius 1 is 1.38 bits per heavy atom. The number of aromatic amines is 1. The molecule has 6 heteroatoms. The molecule has 0 aliphatic rings. The van der Waals surface area contributed by atoms with Gasteiger partial charge in [0.25, 0.3) is 0 Å². The van der Waals surface area contributed by atoms with Gasteiger partial charge in [-0.25, -0.2) is 9.89 Å². The van der Waals surface area contributed by atoms with Crippen LogP contribution in [0.2, 0.25) is 0 Å². The minimum Gasteiger partial charge on any atom is -0.270 e. The molecule has 0 aliphatic heterocycles. The molecule has 0 saturated carbocycles. The number of nitrogens with zero attached hydrogens (tertiary/aromatic N) is 2. The van der Waals surface area contributed by atoms with Gasteiger partial charge in [-0.3, -0.25) is 4.57 Å². The van der Waals surface area contributed by atoms with Gasteiger partial charge < -0.3 is 0 Å². The first kappa shape index (κ1) is 13.7. The number of thiol groups is 1. The molecule has 0 atom stereocenters. The van der Waals surface area contributed by atoms with Gasteiger partial charge in [-0.05, 0) is 25.5 Å². The highest BCUT2D eigenvalue weighted by Gasteiger charge is 2.05. The first-order valence-corrected chi connectivity index (χ1v) is 7.30. The summed E-state index contributed by atoms with van der Waals surface area (Å²) in [5.41, 5.74) is -0.111. The Balaban J connectivity index is 2.24. The molecule has 92 valence electrons. The van der Waals surface area contributed by atoms with Crippen LogP contribution in [0.15, 0.2) is 9.95 Å². The minimum absolute atomic E-state index is 0.111. The molecule has 0 aliphatic carbocycles. The number of hydrogen-bond donors (Lipinski definition) is 2. The summed E-state index contributed by atoms with van der Waals surface area (Å²) < 4.78 is 1.67. The number of hydrogen-bond acceptors (Lipinski definition) is 4. The molecule has 16 heavy (non-hydrogen) atoms. The second-order valence-corrected chi connectivity index (χ2v) is 5.05. The fourth-order valence-electron chi connectivity index (χ4n) is 1.42. The molecule has 1 heterocycles. The van der Waals surface area contributed by atoms with Crippen LogP contribution in [0.4, 0.5) is 0 Å². The fourth-order valence-corrected chi connectivity index (χ4v) is 2.66. The lowest BCUT2D eigenvalue weighted by Gasteiger charge is -2.01. The van der Waals surface area contributed by atoms with Gasteiger partial charge >= 0.3 is 5.69 Å². The molecule has 1 rings (SSSR count). The van der Waals surface area contributed by atoms with Crippen LogP contribution in [0.3, 0.4) is 0 Å². The van der Waals surface area contributed by atoms with Crippen molar-refractivity contribution in [3.63, 3.8) is 0 Å². The molecule has 0 spiro atoms. The van der Waals surface area contributed by atoms with E-state index in [1.165, 1.54) is 25.7 Å². The molecule has 1 aromatic heterocycles. The molecule has 0 saturated heterocycles. The zero-order chi connectivity index (χ0) is 11.8. The third-order valence-electron chi connectivity index (χ3n) is 2.32. The van der Waals surface area contributed by atoms with Crippen LogP contribution in [0.5, 0.6) is 0 Å². The van der Waals surface area contributed by atoms with Gasteiger partial charge in [0.15, 0.2) is 5.16 Å². The van der Waals surface area contributed by atoms with E-state index in [9.17, 15) is 4.79 Å². The number of H-pyrrole nitrogens is 1. The topological polar surface area (TPSA) is 50.7 Å². The SMILES string of the molecule is CCn1c(SCCCCCCS)n[nH]c1=O. The van der Waals surface area contributed by atoms with Gasteiger partial charge in [-0.2, -0.15) is 12.6 Å². The van der Waals surface area contributed by atoms with E-state index >= 15 is 0 Å². The smallest absolute Gasteiger partial charge is 0.270 e. The number of unbranched alkanes of at least 4 members (excludes halogenated alkanes) is 3. The van der Waals surface area contributed by atoms with Crippen LogP contribution in [-0.4, -0.2) is 26.3 Å². The van der Waals surface area contributed by atoms with Crippen molar-refractivity contribution in [1.29, 1.82) is 0 Å². The van der Waals surface area contributed by atoms with Crippen LogP contribution in [0.25, 0.3) is 0 Å². The molecular weight excluding hydrogens is 242 g/mol. The molecule has 0 amide bonds. The minimum atomic E-state index is -0.111. The Kier molecular flexibility index (Phi) is 6.71. The molecule has 1 aromatic rings. The quantitative estimate of drug-likeness (QED) is 0.428. The molecular formula is C10H19N3OS2. The maximum atomic E-state index is 11.3. The largest absolute Gasteiger partial charge is 0.343 e. The first-order valence-electron chi connectivity index (χ1n) is 5.68. The van der Waals surface area contributed by atoms with Crippen molar-refractivity contribution in [3.05, 3.63) is 10.5 Å². The Hall–Kier alpha value is -0.360. The number of aromatic nitrogens is 3. The lowest BCUT2D eigenvalue weighted by Crippen LogP contribution is -2.16. The molecule has 0 fully saturated rings. The third-order valence-corrected chi connectivity index (χ3v) is 3.70. The maximum Gasteiger partial charge on any atom is 0.343 e.